The standard InChI is InChI=1S/C19H16N2O/c22-19(18-9-5-2-6-10-18)12-11-17-13-20-21(15-17)14-16-7-3-1-4-8-16/h1-13,15H,14H2. The fourth-order valence-electron chi connectivity index (χ4n) is 2.19. The topological polar surface area (TPSA) is 34.9 Å². The Morgan fingerprint density at radius 3 is 2.41 bits per heavy atom. The Bertz CT molecular complexity index is 773. The van der Waals surface area contributed by atoms with Crippen LogP contribution in [0.5, 0.6) is 0 Å². The molecule has 0 aliphatic heterocycles. The predicted molar refractivity (Wildman–Crippen MR) is 87.6 cm³/mol. The minimum Gasteiger partial charge on any atom is -0.289 e. The molecule has 0 saturated heterocycles. The third-order valence-electron chi connectivity index (χ3n) is 3.33. The molecular formula is C19H16N2O. The lowest BCUT2D eigenvalue weighted by Crippen LogP contribution is -1.99. The van der Waals surface area contributed by atoms with E-state index in [4.69, 9.17) is 0 Å². The normalized spacial score (nSPS) is 10.9. The maximum Gasteiger partial charge on any atom is 0.185 e. The summed E-state index contributed by atoms with van der Waals surface area (Å²) >= 11 is 0. The van der Waals surface area contributed by atoms with E-state index in [2.05, 4.69) is 17.2 Å². The molecule has 2 aromatic carbocycles. The van der Waals surface area contributed by atoms with Gasteiger partial charge in [-0.05, 0) is 17.7 Å². The Morgan fingerprint density at radius 2 is 1.68 bits per heavy atom. The highest BCUT2D eigenvalue weighted by atomic mass is 16.1. The van der Waals surface area contributed by atoms with Gasteiger partial charge in [-0.2, -0.15) is 5.10 Å². The molecule has 0 spiro atoms. The molecule has 3 aromatic rings. The van der Waals surface area contributed by atoms with Crippen molar-refractivity contribution in [1.82, 2.24) is 9.78 Å². The molecule has 0 aliphatic rings. The van der Waals surface area contributed by atoms with Gasteiger partial charge in [0, 0.05) is 17.3 Å². The number of carbonyl (C=O) groups is 1. The van der Waals surface area contributed by atoms with Crippen molar-refractivity contribution in [3.8, 4) is 0 Å². The van der Waals surface area contributed by atoms with Gasteiger partial charge < -0.3 is 0 Å². The number of benzene rings is 2. The molecule has 3 nitrogen and oxygen atoms in total. The minimum atomic E-state index is -0.00332. The Balaban J connectivity index is 1.67. The van der Waals surface area contributed by atoms with E-state index in [0.717, 1.165) is 12.1 Å². The maximum atomic E-state index is 12.0. The second-order valence-electron chi connectivity index (χ2n) is 5.02. The lowest BCUT2D eigenvalue weighted by molar-refractivity contribution is 0.104. The van der Waals surface area contributed by atoms with Crippen molar-refractivity contribution in [2.45, 2.75) is 6.54 Å². The highest BCUT2D eigenvalue weighted by Gasteiger charge is 2.01. The summed E-state index contributed by atoms with van der Waals surface area (Å²) in [7, 11) is 0. The number of rotatable bonds is 5. The summed E-state index contributed by atoms with van der Waals surface area (Å²) in [5, 5.41) is 4.32. The molecule has 3 rings (SSSR count). The summed E-state index contributed by atoms with van der Waals surface area (Å²) in [6, 6.07) is 19.4. The van der Waals surface area contributed by atoms with Crippen molar-refractivity contribution in [3.63, 3.8) is 0 Å². The van der Waals surface area contributed by atoms with E-state index in [-0.39, 0.29) is 5.78 Å². The third kappa shape index (κ3) is 3.58. The number of allylic oxidation sites excluding steroid dienone is 1. The summed E-state index contributed by atoms with van der Waals surface area (Å²) in [4.78, 5) is 12.0. The van der Waals surface area contributed by atoms with E-state index >= 15 is 0 Å². The zero-order chi connectivity index (χ0) is 15.2. The molecule has 22 heavy (non-hydrogen) atoms. The van der Waals surface area contributed by atoms with E-state index in [1.54, 1.807) is 18.3 Å². The van der Waals surface area contributed by atoms with Crippen molar-refractivity contribution in [1.29, 1.82) is 0 Å². The number of carbonyl (C=O) groups excluding carboxylic acids is 1. The number of ketones is 1. The quantitative estimate of drug-likeness (QED) is 0.528. The Kier molecular flexibility index (Phi) is 4.25. The fourth-order valence-corrected chi connectivity index (χ4v) is 2.19. The smallest absolute Gasteiger partial charge is 0.185 e. The molecule has 1 heterocycles. The monoisotopic (exact) mass is 288 g/mol. The van der Waals surface area contributed by atoms with Crippen molar-refractivity contribution in [3.05, 3.63) is 95.8 Å². The van der Waals surface area contributed by atoms with E-state index in [9.17, 15) is 4.79 Å². The van der Waals surface area contributed by atoms with Gasteiger partial charge in [-0.25, -0.2) is 0 Å². The average Bonchev–Trinajstić information content (AvgIpc) is 3.02. The second-order valence-corrected chi connectivity index (χ2v) is 5.02. The van der Waals surface area contributed by atoms with Gasteiger partial charge in [-0.1, -0.05) is 60.7 Å². The zero-order valence-corrected chi connectivity index (χ0v) is 12.1. The van der Waals surface area contributed by atoms with Crippen LogP contribution in [0.25, 0.3) is 6.08 Å². The molecule has 0 amide bonds. The fraction of sp³-hybridized carbons (Fsp3) is 0.0526. The highest BCUT2D eigenvalue weighted by Crippen LogP contribution is 2.07. The molecule has 3 heteroatoms. The zero-order valence-electron chi connectivity index (χ0n) is 12.1. The molecule has 0 bridgehead atoms. The lowest BCUT2D eigenvalue weighted by atomic mass is 10.1. The summed E-state index contributed by atoms with van der Waals surface area (Å²) in [5.74, 6) is -0.00332. The molecule has 0 saturated carbocycles. The minimum absolute atomic E-state index is 0.00332. The van der Waals surface area contributed by atoms with Gasteiger partial charge in [0.05, 0.1) is 12.7 Å². The number of hydrogen-bond acceptors (Lipinski definition) is 2. The van der Waals surface area contributed by atoms with Gasteiger partial charge in [-0.3, -0.25) is 9.48 Å². The highest BCUT2D eigenvalue weighted by molar-refractivity contribution is 6.06. The van der Waals surface area contributed by atoms with Gasteiger partial charge in [0.1, 0.15) is 0 Å². The second kappa shape index (κ2) is 6.68. The van der Waals surface area contributed by atoms with Crippen molar-refractivity contribution in [2.24, 2.45) is 0 Å². The van der Waals surface area contributed by atoms with Crippen LogP contribution in [0.2, 0.25) is 0 Å². The van der Waals surface area contributed by atoms with Crippen LogP contribution in [0.3, 0.4) is 0 Å². The maximum absolute atomic E-state index is 12.0. The summed E-state index contributed by atoms with van der Waals surface area (Å²) in [6.45, 7) is 0.724. The van der Waals surface area contributed by atoms with Gasteiger partial charge in [0.25, 0.3) is 0 Å². The van der Waals surface area contributed by atoms with E-state index in [0.29, 0.717) is 5.56 Å². The summed E-state index contributed by atoms with van der Waals surface area (Å²) in [5.41, 5.74) is 2.80. The molecule has 0 fully saturated rings. The molecule has 0 N–H and O–H groups in total. The van der Waals surface area contributed by atoms with Crippen molar-refractivity contribution < 1.29 is 4.79 Å². The van der Waals surface area contributed by atoms with Crippen LogP contribution in [0.4, 0.5) is 0 Å². The summed E-state index contributed by atoms with van der Waals surface area (Å²) < 4.78 is 1.86. The van der Waals surface area contributed by atoms with Crippen LogP contribution in [-0.4, -0.2) is 15.6 Å². The van der Waals surface area contributed by atoms with Crippen LogP contribution in [0, 0.1) is 0 Å². The third-order valence-corrected chi connectivity index (χ3v) is 3.33. The Morgan fingerprint density at radius 1 is 1.00 bits per heavy atom. The molecule has 0 radical (unpaired) electrons. The Labute approximate surface area is 129 Å². The molecular weight excluding hydrogens is 272 g/mol. The van der Waals surface area contributed by atoms with E-state index in [1.165, 1.54) is 5.56 Å². The average molecular weight is 288 g/mol. The van der Waals surface area contributed by atoms with Crippen molar-refractivity contribution >= 4 is 11.9 Å². The van der Waals surface area contributed by atoms with Gasteiger partial charge in [-0.15, -0.1) is 0 Å². The van der Waals surface area contributed by atoms with Gasteiger partial charge in [0.2, 0.25) is 0 Å². The van der Waals surface area contributed by atoms with Crippen LogP contribution in [0.1, 0.15) is 21.5 Å². The van der Waals surface area contributed by atoms with Crippen LogP contribution in [-0.2, 0) is 6.54 Å². The Hall–Kier alpha value is -2.94. The first kappa shape index (κ1) is 14.0. The largest absolute Gasteiger partial charge is 0.289 e. The molecule has 0 unspecified atom stereocenters. The first-order valence-corrected chi connectivity index (χ1v) is 7.15. The lowest BCUT2D eigenvalue weighted by Gasteiger charge is -2.00. The first-order valence-electron chi connectivity index (χ1n) is 7.15. The van der Waals surface area contributed by atoms with Gasteiger partial charge >= 0.3 is 0 Å². The first-order chi connectivity index (χ1) is 10.8. The van der Waals surface area contributed by atoms with Gasteiger partial charge in [0.15, 0.2) is 5.78 Å². The molecule has 0 atom stereocenters. The number of hydrogen-bond donors (Lipinski definition) is 0. The number of nitrogens with zero attached hydrogens (tertiary/aromatic N) is 2. The summed E-state index contributed by atoms with van der Waals surface area (Å²) in [6.07, 6.45) is 7.07. The molecule has 0 aliphatic carbocycles. The predicted octanol–water partition coefficient (Wildman–Crippen LogP) is 3.83. The van der Waals surface area contributed by atoms with Crippen LogP contribution >= 0.6 is 0 Å². The van der Waals surface area contributed by atoms with E-state index in [1.807, 2.05) is 59.4 Å². The van der Waals surface area contributed by atoms with E-state index < -0.39 is 0 Å². The molecule has 108 valence electrons. The SMILES string of the molecule is O=C(C=Cc1cnn(Cc2ccccc2)c1)c1ccccc1. The molecule has 1 aromatic heterocycles. The number of aromatic nitrogens is 2. The van der Waals surface area contributed by atoms with Crippen molar-refractivity contribution in [2.75, 3.05) is 0 Å². The van der Waals surface area contributed by atoms with Crippen LogP contribution in [0.15, 0.2) is 79.1 Å². The van der Waals surface area contributed by atoms with Crippen LogP contribution < -0.4 is 0 Å².